The molecular weight excluding hydrogens is 268 g/mol. The van der Waals surface area contributed by atoms with Gasteiger partial charge in [0.15, 0.2) is 0 Å². The van der Waals surface area contributed by atoms with Gasteiger partial charge in [0, 0.05) is 9.80 Å². The molecular formula is C15H16N4S. The molecule has 102 valence electrons. The van der Waals surface area contributed by atoms with Crippen molar-refractivity contribution in [2.24, 2.45) is 27.4 Å². The van der Waals surface area contributed by atoms with Crippen molar-refractivity contribution in [1.82, 2.24) is 0 Å². The van der Waals surface area contributed by atoms with E-state index in [4.69, 9.17) is 11.5 Å². The van der Waals surface area contributed by atoms with E-state index in [9.17, 15) is 0 Å². The smallest absolute Gasteiger partial charge is 0.217 e. The minimum absolute atomic E-state index is 0.00129. The second-order valence-electron chi connectivity index (χ2n) is 4.84. The molecule has 1 heterocycles. The Labute approximate surface area is 122 Å². The quantitative estimate of drug-likeness (QED) is 0.874. The summed E-state index contributed by atoms with van der Waals surface area (Å²) in [5.41, 5.74) is 13.9. The van der Waals surface area contributed by atoms with Gasteiger partial charge in [-0.3, -0.25) is 0 Å². The Balaban J connectivity index is 1.87. The van der Waals surface area contributed by atoms with E-state index in [1.807, 2.05) is 12.2 Å². The van der Waals surface area contributed by atoms with Crippen LogP contribution in [0.25, 0.3) is 0 Å². The van der Waals surface area contributed by atoms with Crippen molar-refractivity contribution in [2.45, 2.75) is 18.0 Å². The molecule has 2 unspecified atom stereocenters. The monoisotopic (exact) mass is 284 g/mol. The SMILES string of the molecule is Cc1ccc(SC2=CC=CC3=NC(N)=NC(N)C23)cc1. The minimum atomic E-state index is -0.364. The summed E-state index contributed by atoms with van der Waals surface area (Å²) in [4.78, 5) is 10.8. The van der Waals surface area contributed by atoms with Crippen LogP contribution in [0.3, 0.4) is 0 Å². The van der Waals surface area contributed by atoms with Gasteiger partial charge < -0.3 is 11.5 Å². The van der Waals surface area contributed by atoms with Crippen molar-refractivity contribution < 1.29 is 0 Å². The van der Waals surface area contributed by atoms with Gasteiger partial charge >= 0.3 is 0 Å². The van der Waals surface area contributed by atoms with Gasteiger partial charge in [-0.05, 0) is 25.1 Å². The molecule has 1 aliphatic heterocycles. The Morgan fingerprint density at radius 1 is 1.20 bits per heavy atom. The van der Waals surface area contributed by atoms with Crippen molar-refractivity contribution in [1.29, 1.82) is 0 Å². The predicted octanol–water partition coefficient (Wildman–Crippen LogP) is 2.21. The van der Waals surface area contributed by atoms with Crippen LogP contribution in [0.2, 0.25) is 0 Å². The Morgan fingerprint density at radius 2 is 1.95 bits per heavy atom. The van der Waals surface area contributed by atoms with Crippen molar-refractivity contribution in [3.63, 3.8) is 0 Å². The van der Waals surface area contributed by atoms with Crippen molar-refractivity contribution in [3.8, 4) is 0 Å². The second-order valence-corrected chi connectivity index (χ2v) is 5.98. The molecule has 4 nitrogen and oxygen atoms in total. The maximum Gasteiger partial charge on any atom is 0.217 e. The normalized spacial score (nSPS) is 24.6. The Kier molecular flexibility index (Phi) is 3.46. The predicted molar refractivity (Wildman–Crippen MR) is 84.8 cm³/mol. The second kappa shape index (κ2) is 5.26. The summed E-state index contributed by atoms with van der Waals surface area (Å²) in [6.45, 7) is 2.08. The molecule has 4 N–H and O–H groups in total. The lowest BCUT2D eigenvalue weighted by atomic mass is 9.94. The number of aryl methyl sites for hydroxylation is 1. The molecule has 0 radical (unpaired) electrons. The van der Waals surface area contributed by atoms with Crippen LogP contribution >= 0.6 is 11.8 Å². The number of fused-ring (bicyclic) bond motifs is 1. The number of aliphatic imine (C=N–C) groups is 2. The first-order chi connectivity index (χ1) is 9.63. The first kappa shape index (κ1) is 13.1. The minimum Gasteiger partial charge on any atom is -0.368 e. The number of nitrogens with zero attached hydrogens (tertiary/aromatic N) is 2. The molecule has 0 saturated heterocycles. The zero-order valence-corrected chi connectivity index (χ0v) is 12.0. The summed E-state index contributed by atoms with van der Waals surface area (Å²) in [6.07, 6.45) is 5.64. The highest BCUT2D eigenvalue weighted by Crippen LogP contribution is 2.37. The van der Waals surface area contributed by atoms with Gasteiger partial charge in [0.25, 0.3) is 0 Å². The number of hydrogen-bond acceptors (Lipinski definition) is 5. The van der Waals surface area contributed by atoms with Crippen LogP contribution in [0.15, 0.2) is 62.3 Å². The summed E-state index contributed by atoms with van der Waals surface area (Å²) < 4.78 is 0. The standard InChI is InChI=1S/C15H16N4S/c1-9-5-7-10(8-6-9)20-12-4-2-3-11-13(12)14(16)19-15(17)18-11/h2-8,13-14H,16H2,1H3,(H2,17,19). The van der Waals surface area contributed by atoms with E-state index in [0.29, 0.717) is 0 Å². The zero-order chi connectivity index (χ0) is 14.1. The highest BCUT2D eigenvalue weighted by atomic mass is 32.2. The molecule has 1 aromatic carbocycles. The Bertz CT molecular complexity index is 640. The molecule has 20 heavy (non-hydrogen) atoms. The van der Waals surface area contributed by atoms with Crippen LogP contribution in [0.1, 0.15) is 5.56 Å². The third-order valence-electron chi connectivity index (χ3n) is 3.28. The molecule has 0 bridgehead atoms. The fraction of sp³-hybridized carbons (Fsp3) is 0.200. The third-order valence-corrected chi connectivity index (χ3v) is 4.41. The van der Waals surface area contributed by atoms with E-state index in [1.165, 1.54) is 10.5 Å². The van der Waals surface area contributed by atoms with E-state index in [1.54, 1.807) is 11.8 Å². The molecule has 1 aromatic rings. The van der Waals surface area contributed by atoms with E-state index >= 15 is 0 Å². The van der Waals surface area contributed by atoms with E-state index < -0.39 is 0 Å². The van der Waals surface area contributed by atoms with Crippen LogP contribution in [0.5, 0.6) is 0 Å². The van der Waals surface area contributed by atoms with Crippen molar-refractivity contribution in [2.75, 3.05) is 0 Å². The van der Waals surface area contributed by atoms with Crippen molar-refractivity contribution in [3.05, 3.63) is 53.0 Å². The van der Waals surface area contributed by atoms with Crippen LogP contribution in [0.4, 0.5) is 0 Å². The lowest BCUT2D eigenvalue weighted by molar-refractivity contribution is 0.620. The van der Waals surface area contributed by atoms with E-state index in [0.717, 1.165) is 10.6 Å². The summed E-state index contributed by atoms with van der Waals surface area (Å²) in [5.74, 6) is 0.258. The molecule has 0 aromatic heterocycles. The van der Waals surface area contributed by atoms with Gasteiger partial charge in [0.05, 0.1) is 11.6 Å². The molecule has 5 heteroatoms. The summed E-state index contributed by atoms with van der Waals surface area (Å²) in [6, 6.07) is 8.44. The number of nitrogens with two attached hydrogens (primary N) is 2. The van der Waals surface area contributed by atoms with Crippen LogP contribution in [-0.2, 0) is 0 Å². The van der Waals surface area contributed by atoms with Gasteiger partial charge in [-0.25, -0.2) is 9.98 Å². The van der Waals surface area contributed by atoms with Gasteiger partial charge in [-0.2, -0.15) is 0 Å². The van der Waals surface area contributed by atoms with Gasteiger partial charge in [-0.1, -0.05) is 41.6 Å². The zero-order valence-electron chi connectivity index (χ0n) is 11.2. The molecule has 2 atom stereocenters. The lowest BCUT2D eigenvalue weighted by Crippen LogP contribution is -2.40. The molecule has 0 fully saturated rings. The molecule has 3 rings (SSSR count). The highest BCUT2D eigenvalue weighted by molar-refractivity contribution is 8.03. The first-order valence-corrected chi connectivity index (χ1v) is 7.25. The molecule has 0 spiro atoms. The van der Waals surface area contributed by atoms with Crippen LogP contribution in [-0.4, -0.2) is 17.8 Å². The van der Waals surface area contributed by atoms with Gasteiger partial charge in [-0.15, -0.1) is 0 Å². The number of guanidine groups is 1. The maximum atomic E-state index is 6.11. The first-order valence-electron chi connectivity index (χ1n) is 6.44. The molecule has 1 aliphatic carbocycles. The topological polar surface area (TPSA) is 76.8 Å². The fourth-order valence-electron chi connectivity index (χ4n) is 2.27. The van der Waals surface area contributed by atoms with Gasteiger partial charge in [0.2, 0.25) is 5.96 Å². The average Bonchev–Trinajstić information content (AvgIpc) is 2.41. The fourth-order valence-corrected chi connectivity index (χ4v) is 3.35. The van der Waals surface area contributed by atoms with Crippen LogP contribution in [0, 0.1) is 12.8 Å². The molecule has 0 saturated carbocycles. The number of rotatable bonds is 2. The highest BCUT2D eigenvalue weighted by Gasteiger charge is 2.31. The Morgan fingerprint density at radius 3 is 2.70 bits per heavy atom. The number of benzene rings is 1. The number of allylic oxidation sites excluding steroid dienone is 3. The van der Waals surface area contributed by atoms with Crippen LogP contribution < -0.4 is 11.5 Å². The average molecular weight is 284 g/mol. The van der Waals surface area contributed by atoms with E-state index in [2.05, 4.69) is 47.3 Å². The number of thioether (sulfide) groups is 1. The molecule has 0 amide bonds. The number of hydrogen-bond donors (Lipinski definition) is 2. The van der Waals surface area contributed by atoms with Crippen molar-refractivity contribution >= 4 is 23.4 Å². The summed E-state index contributed by atoms with van der Waals surface area (Å²) in [7, 11) is 0. The van der Waals surface area contributed by atoms with Gasteiger partial charge in [0.1, 0.15) is 6.17 Å². The lowest BCUT2D eigenvalue weighted by Gasteiger charge is -2.28. The van der Waals surface area contributed by atoms with E-state index in [-0.39, 0.29) is 18.0 Å². The molecule has 2 aliphatic rings. The summed E-state index contributed by atoms with van der Waals surface area (Å²) in [5, 5.41) is 0. The Hall–Kier alpha value is -1.85. The summed E-state index contributed by atoms with van der Waals surface area (Å²) >= 11 is 1.70. The third kappa shape index (κ3) is 2.55. The largest absolute Gasteiger partial charge is 0.368 e. The maximum absolute atomic E-state index is 6.11.